The van der Waals surface area contributed by atoms with Gasteiger partial charge in [-0.3, -0.25) is 10.1 Å². The fraction of sp³-hybridized carbons (Fsp3) is 0.400. The van der Waals surface area contributed by atoms with Gasteiger partial charge in [0.1, 0.15) is 10.6 Å². The minimum Gasteiger partial charge on any atom is -0.296 e. The molecule has 23 heavy (non-hydrogen) atoms. The Morgan fingerprint density at radius 2 is 2.22 bits per heavy atom. The molecule has 0 aliphatic carbocycles. The molecule has 1 N–H and O–H groups in total. The van der Waals surface area contributed by atoms with Crippen molar-refractivity contribution in [1.82, 2.24) is 24.8 Å². The van der Waals surface area contributed by atoms with Gasteiger partial charge in [0.05, 0.1) is 5.69 Å². The first-order valence-electron chi connectivity index (χ1n) is 7.62. The molecule has 3 aromatic heterocycles. The second-order valence-corrected chi connectivity index (χ2v) is 6.32. The maximum absolute atomic E-state index is 12.5. The molecule has 0 radical (unpaired) electrons. The zero-order valence-electron chi connectivity index (χ0n) is 13.1. The Kier molecular flexibility index (Phi) is 4.61. The largest absolute Gasteiger partial charge is 0.296 e. The average molecular weight is 330 g/mol. The number of hydrogen-bond acceptors (Lipinski definition) is 6. The smallest absolute Gasteiger partial charge is 0.263 e. The van der Waals surface area contributed by atoms with Gasteiger partial charge in [-0.2, -0.15) is 5.10 Å². The van der Waals surface area contributed by atoms with Crippen molar-refractivity contribution in [3.05, 3.63) is 34.7 Å². The van der Waals surface area contributed by atoms with Gasteiger partial charge >= 0.3 is 0 Å². The summed E-state index contributed by atoms with van der Waals surface area (Å²) in [6, 6.07) is 1.77. The third-order valence-electron chi connectivity index (χ3n) is 3.48. The maximum atomic E-state index is 12.5. The van der Waals surface area contributed by atoms with Gasteiger partial charge < -0.3 is 0 Å². The fourth-order valence-electron chi connectivity index (χ4n) is 2.35. The quantitative estimate of drug-likeness (QED) is 0.702. The fourth-order valence-corrected chi connectivity index (χ4v) is 3.13. The molecule has 0 bridgehead atoms. The number of rotatable bonds is 6. The Bertz CT molecular complexity index is 824. The molecule has 3 rings (SSSR count). The summed E-state index contributed by atoms with van der Waals surface area (Å²) in [5.41, 5.74) is 1.64. The van der Waals surface area contributed by atoms with Crippen LogP contribution >= 0.6 is 11.3 Å². The highest BCUT2D eigenvalue weighted by Gasteiger charge is 2.19. The molecular weight excluding hydrogens is 312 g/mol. The molecule has 0 aromatic carbocycles. The predicted molar refractivity (Wildman–Crippen MR) is 88.8 cm³/mol. The van der Waals surface area contributed by atoms with Crippen molar-refractivity contribution in [3.8, 4) is 0 Å². The summed E-state index contributed by atoms with van der Waals surface area (Å²) >= 11 is 1.42. The van der Waals surface area contributed by atoms with Crippen molar-refractivity contribution < 1.29 is 4.79 Å². The first kappa shape index (κ1) is 15.5. The van der Waals surface area contributed by atoms with Crippen LogP contribution in [0.3, 0.4) is 0 Å². The lowest BCUT2D eigenvalue weighted by Gasteiger charge is -1.99. The van der Waals surface area contributed by atoms with Gasteiger partial charge in [-0.15, -0.1) is 10.2 Å². The number of anilines is 1. The molecule has 8 heteroatoms. The number of nitrogens with one attached hydrogen (secondary N) is 1. The van der Waals surface area contributed by atoms with E-state index in [-0.39, 0.29) is 5.91 Å². The average Bonchev–Trinajstić information content (AvgIpc) is 3.10. The van der Waals surface area contributed by atoms with Crippen LogP contribution in [0.15, 0.2) is 18.5 Å². The van der Waals surface area contributed by atoms with Gasteiger partial charge in [-0.1, -0.05) is 31.1 Å². The maximum Gasteiger partial charge on any atom is 0.263 e. The number of hydrogen-bond donors (Lipinski definition) is 1. The third-order valence-corrected chi connectivity index (χ3v) is 4.38. The van der Waals surface area contributed by atoms with Crippen molar-refractivity contribution in [2.75, 3.05) is 5.32 Å². The van der Waals surface area contributed by atoms with Gasteiger partial charge in [0.2, 0.25) is 5.13 Å². The van der Waals surface area contributed by atoms with E-state index in [1.807, 2.05) is 0 Å². The zero-order chi connectivity index (χ0) is 16.2. The lowest BCUT2D eigenvalue weighted by atomic mass is 10.2. The molecule has 0 unspecified atom stereocenters. The van der Waals surface area contributed by atoms with Crippen molar-refractivity contribution in [2.45, 2.75) is 39.5 Å². The van der Waals surface area contributed by atoms with Crippen molar-refractivity contribution in [1.29, 1.82) is 0 Å². The lowest BCUT2D eigenvalue weighted by molar-refractivity contribution is 0.102. The van der Waals surface area contributed by atoms with Crippen LogP contribution in [0.1, 0.15) is 47.2 Å². The van der Waals surface area contributed by atoms with E-state index in [4.69, 9.17) is 0 Å². The molecule has 0 saturated heterocycles. The molecular formula is C15H18N6OS. The Morgan fingerprint density at radius 3 is 3.04 bits per heavy atom. The van der Waals surface area contributed by atoms with Crippen LogP contribution in [0, 0.1) is 6.92 Å². The number of unbranched alkanes of at least 4 members (excludes halogenated alkanes) is 2. The lowest BCUT2D eigenvalue weighted by Crippen LogP contribution is -2.13. The van der Waals surface area contributed by atoms with E-state index < -0.39 is 0 Å². The van der Waals surface area contributed by atoms with Crippen LogP contribution in [0.2, 0.25) is 0 Å². The van der Waals surface area contributed by atoms with E-state index in [0.717, 1.165) is 17.8 Å². The van der Waals surface area contributed by atoms with E-state index in [9.17, 15) is 4.79 Å². The third kappa shape index (κ3) is 3.37. The summed E-state index contributed by atoms with van der Waals surface area (Å²) in [5.74, 6) is -0.257. The number of carbonyl (C=O) groups excluding carboxylic acids is 1. The van der Waals surface area contributed by atoms with E-state index in [1.54, 1.807) is 29.9 Å². The van der Waals surface area contributed by atoms with Crippen LogP contribution in [-0.2, 0) is 6.42 Å². The van der Waals surface area contributed by atoms with Gasteiger partial charge in [0.15, 0.2) is 5.65 Å². The summed E-state index contributed by atoms with van der Waals surface area (Å²) < 4.78 is 1.60. The Hall–Kier alpha value is -2.35. The second-order valence-electron chi connectivity index (χ2n) is 5.26. The molecule has 3 heterocycles. The van der Waals surface area contributed by atoms with Crippen molar-refractivity contribution >= 4 is 28.0 Å². The molecule has 0 spiro atoms. The molecule has 0 fully saturated rings. The minimum absolute atomic E-state index is 0.257. The van der Waals surface area contributed by atoms with Gasteiger partial charge in [0.25, 0.3) is 5.91 Å². The summed E-state index contributed by atoms with van der Waals surface area (Å²) in [4.78, 5) is 16.7. The number of carbonyl (C=O) groups is 1. The molecule has 0 saturated carbocycles. The number of fused-ring (bicyclic) bond motifs is 1. The number of aryl methyl sites for hydroxylation is 2. The van der Waals surface area contributed by atoms with Crippen LogP contribution in [0.5, 0.6) is 0 Å². The molecule has 1 amide bonds. The molecule has 0 aliphatic heterocycles. The summed E-state index contributed by atoms with van der Waals surface area (Å²) in [6.45, 7) is 3.96. The zero-order valence-corrected chi connectivity index (χ0v) is 13.9. The Balaban J connectivity index is 1.75. The topological polar surface area (TPSA) is 85.1 Å². The molecule has 7 nitrogen and oxygen atoms in total. The highest BCUT2D eigenvalue weighted by atomic mass is 32.1. The Labute approximate surface area is 137 Å². The minimum atomic E-state index is -0.257. The van der Waals surface area contributed by atoms with Gasteiger partial charge in [-0.25, -0.2) is 9.50 Å². The highest BCUT2D eigenvalue weighted by molar-refractivity contribution is 7.15. The first-order valence-corrected chi connectivity index (χ1v) is 8.44. The van der Waals surface area contributed by atoms with Crippen LogP contribution in [0.25, 0.3) is 5.65 Å². The van der Waals surface area contributed by atoms with E-state index >= 15 is 0 Å². The molecule has 0 atom stereocenters. The summed E-state index contributed by atoms with van der Waals surface area (Å²) in [6.07, 6.45) is 7.75. The molecule has 0 aliphatic rings. The predicted octanol–water partition coefficient (Wildman–Crippen LogP) is 2.87. The molecule has 3 aromatic rings. The van der Waals surface area contributed by atoms with Crippen molar-refractivity contribution in [3.63, 3.8) is 0 Å². The van der Waals surface area contributed by atoms with Crippen LogP contribution in [0.4, 0.5) is 5.13 Å². The van der Waals surface area contributed by atoms with Crippen molar-refractivity contribution in [2.24, 2.45) is 0 Å². The van der Waals surface area contributed by atoms with E-state index in [1.165, 1.54) is 24.2 Å². The van der Waals surface area contributed by atoms with Gasteiger partial charge in [0, 0.05) is 18.8 Å². The summed E-state index contributed by atoms with van der Waals surface area (Å²) in [5, 5.41) is 16.7. The number of nitrogens with zero attached hydrogens (tertiary/aromatic N) is 5. The monoisotopic (exact) mass is 330 g/mol. The standard InChI is InChI=1S/C15H18N6OS/c1-3-4-5-7-11-18-19-15(23-11)17-14(22)12-10(2)20-21-9-6-8-16-13(12)21/h6,8-9H,3-5,7H2,1-2H3,(H,17,19,22). The number of aromatic nitrogens is 5. The van der Waals surface area contributed by atoms with Crippen LogP contribution < -0.4 is 5.32 Å². The second kappa shape index (κ2) is 6.82. The normalized spacial score (nSPS) is 11.0. The summed E-state index contributed by atoms with van der Waals surface area (Å²) in [7, 11) is 0. The first-order chi connectivity index (χ1) is 11.2. The number of amides is 1. The molecule has 120 valence electrons. The Morgan fingerprint density at radius 1 is 1.35 bits per heavy atom. The highest BCUT2D eigenvalue weighted by Crippen LogP contribution is 2.20. The van der Waals surface area contributed by atoms with Gasteiger partial charge in [-0.05, 0) is 19.4 Å². The SMILES string of the molecule is CCCCCc1nnc(NC(=O)c2c(C)nn3cccnc23)s1. The van der Waals surface area contributed by atoms with Crippen LogP contribution in [-0.4, -0.2) is 30.7 Å². The van der Waals surface area contributed by atoms with E-state index in [2.05, 4.69) is 32.5 Å². The van der Waals surface area contributed by atoms with E-state index in [0.29, 0.717) is 22.0 Å².